The molecule has 0 bridgehead atoms. The fourth-order valence-corrected chi connectivity index (χ4v) is 4.81. The molecule has 6 heteroatoms. The molecular formula is C15H18Br2N2O2. The van der Waals surface area contributed by atoms with Gasteiger partial charge in [0.1, 0.15) is 0 Å². The smallest absolute Gasteiger partial charge is 0.323 e. The van der Waals surface area contributed by atoms with Gasteiger partial charge in [-0.1, -0.05) is 31.9 Å². The van der Waals surface area contributed by atoms with Crippen LogP contribution in [0.2, 0.25) is 0 Å². The highest BCUT2D eigenvalue weighted by Gasteiger charge is 2.31. The summed E-state index contributed by atoms with van der Waals surface area (Å²) < 4.78 is 6.63. The van der Waals surface area contributed by atoms with Gasteiger partial charge >= 0.3 is 5.69 Å². The van der Waals surface area contributed by atoms with Crippen LogP contribution in [0.3, 0.4) is 0 Å². The van der Waals surface area contributed by atoms with Crippen molar-refractivity contribution in [3.8, 4) is 0 Å². The fraction of sp³-hybridized carbons (Fsp3) is 0.533. The van der Waals surface area contributed by atoms with E-state index in [0.717, 1.165) is 41.4 Å². The summed E-state index contributed by atoms with van der Waals surface area (Å²) in [5.74, 6) is 0.707. The maximum Gasteiger partial charge on any atom is 0.323 e. The first kappa shape index (κ1) is 15.3. The topological polar surface area (TPSA) is 57.9 Å². The Morgan fingerprint density at radius 1 is 1.33 bits per heavy atom. The highest BCUT2D eigenvalue weighted by Crippen LogP contribution is 2.42. The normalized spacial score (nSPS) is 23.2. The third-order valence-electron chi connectivity index (χ3n) is 4.11. The summed E-state index contributed by atoms with van der Waals surface area (Å²) in [7, 11) is 0. The van der Waals surface area contributed by atoms with Gasteiger partial charge in [-0.15, -0.1) is 0 Å². The van der Waals surface area contributed by atoms with E-state index in [1.54, 1.807) is 0 Å². The van der Waals surface area contributed by atoms with Crippen LogP contribution in [0.5, 0.6) is 0 Å². The van der Waals surface area contributed by atoms with Gasteiger partial charge in [0.05, 0.1) is 17.1 Å². The third-order valence-corrected chi connectivity index (χ3v) is 5.66. The number of benzene rings is 1. The van der Waals surface area contributed by atoms with E-state index < -0.39 is 0 Å². The fourth-order valence-electron chi connectivity index (χ4n) is 2.97. The van der Waals surface area contributed by atoms with Gasteiger partial charge < -0.3 is 14.7 Å². The van der Waals surface area contributed by atoms with E-state index in [1.807, 2.05) is 19.1 Å². The average Bonchev–Trinajstić information content (AvgIpc) is 2.74. The second kappa shape index (κ2) is 6.26. The zero-order chi connectivity index (χ0) is 15.0. The number of H-pyrrole nitrogens is 2. The number of rotatable bonds is 5. The van der Waals surface area contributed by atoms with Crippen molar-refractivity contribution in [1.82, 2.24) is 9.97 Å². The Bertz CT molecular complexity index is 689. The quantitative estimate of drug-likeness (QED) is 0.714. The minimum absolute atomic E-state index is 0.168. The number of aromatic amines is 2. The maximum absolute atomic E-state index is 11.4. The summed E-state index contributed by atoms with van der Waals surface area (Å²) in [5.41, 5.74) is 2.69. The molecule has 2 aromatic rings. The summed E-state index contributed by atoms with van der Waals surface area (Å²) in [6.45, 7) is 2.85. The molecule has 1 saturated carbocycles. The Morgan fingerprint density at radius 3 is 2.67 bits per heavy atom. The molecule has 1 aliphatic carbocycles. The number of imidazole rings is 1. The lowest BCUT2D eigenvalue weighted by atomic mass is 9.78. The van der Waals surface area contributed by atoms with Crippen LogP contribution in [-0.4, -0.2) is 22.7 Å². The van der Waals surface area contributed by atoms with Gasteiger partial charge in [-0.05, 0) is 49.8 Å². The zero-order valence-corrected chi connectivity index (χ0v) is 15.0. The predicted octanol–water partition coefficient (Wildman–Crippen LogP) is 4.26. The summed E-state index contributed by atoms with van der Waals surface area (Å²) in [6.07, 6.45) is 3.84. The number of hydrogen-bond donors (Lipinski definition) is 2. The Kier molecular flexibility index (Phi) is 4.57. The number of aromatic nitrogens is 2. The second-order valence-corrected chi connectivity index (χ2v) is 7.58. The molecule has 21 heavy (non-hydrogen) atoms. The molecule has 1 aromatic carbocycles. The van der Waals surface area contributed by atoms with Crippen LogP contribution in [0.15, 0.2) is 21.4 Å². The first-order valence-corrected chi connectivity index (χ1v) is 8.94. The molecule has 0 radical (unpaired) electrons. The van der Waals surface area contributed by atoms with Gasteiger partial charge in [-0.2, -0.15) is 0 Å². The highest BCUT2D eigenvalue weighted by molar-refractivity contribution is 9.11. The molecule has 1 unspecified atom stereocenters. The molecule has 1 aromatic heterocycles. The van der Waals surface area contributed by atoms with E-state index in [-0.39, 0.29) is 10.5 Å². The number of alkyl halides is 1. The molecular weight excluding hydrogens is 400 g/mol. The largest absolute Gasteiger partial charge is 0.378 e. The van der Waals surface area contributed by atoms with Crippen LogP contribution in [0, 0.1) is 5.92 Å². The van der Waals surface area contributed by atoms with Crippen LogP contribution < -0.4 is 5.69 Å². The van der Waals surface area contributed by atoms with Crippen molar-refractivity contribution in [3.63, 3.8) is 0 Å². The van der Waals surface area contributed by atoms with Crippen LogP contribution in [0.4, 0.5) is 0 Å². The summed E-state index contributed by atoms with van der Waals surface area (Å²) in [5, 5.41) is 0. The van der Waals surface area contributed by atoms with Crippen molar-refractivity contribution in [1.29, 1.82) is 0 Å². The summed E-state index contributed by atoms with van der Waals surface area (Å²) in [6, 6.07) is 4.00. The van der Waals surface area contributed by atoms with Gasteiger partial charge in [0.2, 0.25) is 0 Å². The van der Waals surface area contributed by atoms with Crippen molar-refractivity contribution in [2.45, 2.75) is 37.1 Å². The maximum atomic E-state index is 11.4. The highest BCUT2D eigenvalue weighted by atomic mass is 79.9. The number of nitrogens with one attached hydrogen (secondary N) is 2. The van der Waals surface area contributed by atoms with Crippen molar-refractivity contribution in [2.24, 2.45) is 5.92 Å². The number of halogens is 2. The van der Waals surface area contributed by atoms with E-state index >= 15 is 0 Å². The first-order valence-electron chi connectivity index (χ1n) is 7.24. The summed E-state index contributed by atoms with van der Waals surface area (Å²) >= 11 is 7.39. The lowest BCUT2D eigenvalue weighted by Gasteiger charge is -2.36. The van der Waals surface area contributed by atoms with E-state index in [4.69, 9.17) is 4.74 Å². The molecule has 0 amide bonds. The minimum Gasteiger partial charge on any atom is -0.378 e. The van der Waals surface area contributed by atoms with Gasteiger partial charge in [-0.3, -0.25) is 0 Å². The molecule has 1 aliphatic rings. The van der Waals surface area contributed by atoms with Gasteiger partial charge in [-0.25, -0.2) is 4.79 Å². The number of fused-ring (bicyclic) bond motifs is 1. The molecule has 0 aliphatic heterocycles. The van der Waals surface area contributed by atoms with Crippen molar-refractivity contribution in [2.75, 3.05) is 6.61 Å². The Hall–Kier alpha value is -0.590. The second-order valence-electron chi connectivity index (χ2n) is 5.62. The van der Waals surface area contributed by atoms with E-state index in [0.29, 0.717) is 12.0 Å². The van der Waals surface area contributed by atoms with Crippen LogP contribution in [0.25, 0.3) is 11.0 Å². The van der Waals surface area contributed by atoms with Crippen molar-refractivity contribution >= 4 is 42.9 Å². The van der Waals surface area contributed by atoms with Gasteiger partial charge in [0, 0.05) is 15.9 Å². The minimum atomic E-state index is -0.168. The van der Waals surface area contributed by atoms with E-state index in [2.05, 4.69) is 41.8 Å². The van der Waals surface area contributed by atoms with Gasteiger partial charge in [0.15, 0.2) is 0 Å². The molecule has 114 valence electrons. The SMILES string of the molecule is CCOC1CC(CC(Br)c2cc3[nH]c(=O)[nH]c3cc2Br)C1. The summed E-state index contributed by atoms with van der Waals surface area (Å²) in [4.78, 5) is 17.2. The predicted molar refractivity (Wildman–Crippen MR) is 91.0 cm³/mol. The van der Waals surface area contributed by atoms with E-state index in [1.165, 1.54) is 5.56 Å². The molecule has 4 nitrogen and oxygen atoms in total. The zero-order valence-electron chi connectivity index (χ0n) is 11.8. The van der Waals surface area contributed by atoms with Gasteiger partial charge in [0.25, 0.3) is 0 Å². The third kappa shape index (κ3) is 3.27. The van der Waals surface area contributed by atoms with Crippen LogP contribution in [-0.2, 0) is 4.74 Å². The first-order chi connectivity index (χ1) is 10.1. The lowest BCUT2D eigenvalue weighted by Crippen LogP contribution is -2.31. The van der Waals surface area contributed by atoms with E-state index in [9.17, 15) is 4.79 Å². The average molecular weight is 418 g/mol. The molecule has 1 atom stereocenters. The standard InChI is InChI=1S/C15H18Br2N2O2/c1-2-21-9-3-8(4-9)5-11(16)10-6-13-14(7-12(10)17)19-15(20)18-13/h6-9,11H,2-5H2,1H3,(H2,18,19,20). The molecule has 1 heterocycles. The number of ether oxygens (including phenoxy) is 1. The Balaban J connectivity index is 1.71. The lowest BCUT2D eigenvalue weighted by molar-refractivity contribution is -0.0264. The van der Waals surface area contributed by atoms with Crippen LogP contribution >= 0.6 is 31.9 Å². The van der Waals surface area contributed by atoms with Crippen LogP contribution in [0.1, 0.15) is 36.6 Å². The molecule has 0 spiro atoms. The Labute approximate surface area is 139 Å². The molecule has 3 rings (SSSR count). The molecule has 0 saturated heterocycles. The van der Waals surface area contributed by atoms with Crippen molar-refractivity contribution < 1.29 is 4.74 Å². The molecule has 2 N–H and O–H groups in total. The Morgan fingerprint density at radius 2 is 2.00 bits per heavy atom. The molecule has 1 fully saturated rings. The van der Waals surface area contributed by atoms with Crippen molar-refractivity contribution in [3.05, 3.63) is 32.7 Å². The monoisotopic (exact) mass is 416 g/mol. The number of hydrogen-bond acceptors (Lipinski definition) is 2.